The van der Waals surface area contributed by atoms with Crippen molar-refractivity contribution in [2.75, 3.05) is 5.32 Å². The molecule has 0 fully saturated rings. The molecule has 0 atom stereocenters. The molecule has 10 heteroatoms. The van der Waals surface area contributed by atoms with Crippen LogP contribution in [-0.2, 0) is 20.6 Å². The first-order valence-corrected chi connectivity index (χ1v) is 8.80. The van der Waals surface area contributed by atoms with Gasteiger partial charge in [-0.25, -0.2) is 9.48 Å². The van der Waals surface area contributed by atoms with Gasteiger partial charge in [-0.1, -0.05) is 41.0 Å². The number of carbonyl (C=O) groups is 1. The molecule has 28 heavy (non-hydrogen) atoms. The number of nitrogens with one attached hydrogen (secondary N) is 1. The molecule has 0 aliphatic rings. The summed E-state index contributed by atoms with van der Waals surface area (Å²) in [6.07, 6.45) is 0. The monoisotopic (exact) mass is 397 g/mol. The first-order valence-electron chi connectivity index (χ1n) is 8.42. The number of hydrogen-bond donors (Lipinski definition) is 1. The number of anilines is 1. The average molecular weight is 398 g/mol. The van der Waals surface area contributed by atoms with Crippen molar-refractivity contribution < 1.29 is 4.79 Å². The van der Waals surface area contributed by atoms with Crippen molar-refractivity contribution in [2.45, 2.75) is 6.54 Å². The van der Waals surface area contributed by atoms with Crippen LogP contribution in [0.4, 0.5) is 5.95 Å². The molecule has 0 aliphatic heterocycles. The van der Waals surface area contributed by atoms with Gasteiger partial charge in [-0.2, -0.15) is 0 Å². The topological polar surface area (TPSA) is 99.6 Å². The van der Waals surface area contributed by atoms with Crippen LogP contribution in [-0.4, -0.2) is 35.2 Å². The van der Waals surface area contributed by atoms with Crippen LogP contribution in [0.1, 0.15) is 15.9 Å². The van der Waals surface area contributed by atoms with Gasteiger partial charge in [0.05, 0.1) is 23.1 Å². The van der Waals surface area contributed by atoms with Crippen molar-refractivity contribution in [3.63, 3.8) is 0 Å². The van der Waals surface area contributed by atoms with E-state index in [9.17, 15) is 9.59 Å². The molecule has 0 unspecified atom stereocenters. The predicted octanol–water partition coefficient (Wildman–Crippen LogP) is 1.82. The summed E-state index contributed by atoms with van der Waals surface area (Å²) in [4.78, 5) is 25.7. The Bertz CT molecular complexity index is 1250. The minimum Gasteiger partial charge on any atom is -0.294 e. The fraction of sp³-hybridized carbons (Fsp3) is 0.167. The molecule has 1 N–H and O–H groups in total. The van der Waals surface area contributed by atoms with E-state index in [4.69, 9.17) is 11.6 Å². The van der Waals surface area contributed by atoms with Crippen molar-refractivity contribution in [2.24, 2.45) is 14.1 Å². The molecule has 4 aromatic rings. The zero-order valence-corrected chi connectivity index (χ0v) is 15.9. The Morgan fingerprint density at radius 3 is 2.64 bits per heavy atom. The van der Waals surface area contributed by atoms with Crippen molar-refractivity contribution in [1.82, 2.24) is 29.3 Å². The first-order chi connectivity index (χ1) is 13.5. The SMILES string of the molecule is Cn1nnnc1NC(=O)c1cccc2c1n(C)c(=O)n2Cc1ccccc1Cl. The number of aryl methyl sites for hydroxylation is 2. The lowest BCUT2D eigenvalue weighted by atomic mass is 10.1. The van der Waals surface area contributed by atoms with Crippen LogP contribution in [0, 0.1) is 0 Å². The van der Waals surface area contributed by atoms with Crippen LogP contribution in [0.2, 0.25) is 5.02 Å². The maximum atomic E-state index is 12.9. The Morgan fingerprint density at radius 2 is 1.93 bits per heavy atom. The molecule has 0 saturated carbocycles. The van der Waals surface area contributed by atoms with E-state index in [1.165, 1.54) is 9.25 Å². The van der Waals surface area contributed by atoms with Gasteiger partial charge in [-0.15, -0.1) is 0 Å². The minimum absolute atomic E-state index is 0.211. The lowest BCUT2D eigenvalue weighted by molar-refractivity contribution is 0.102. The van der Waals surface area contributed by atoms with E-state index in [2.05, 4.69) is 20.8 Å². The van der Waals surface area contributed by atoms with Gasteiger partial charge in [0.2, 0.25) is 5.95 Å². The fourth-order valence-corrected chi connectivity index (χ4v) is 3.31. The average Bonchev–Trinajstić information content (AvgIpc) is 3.19. The highest BCUT2D eigenvalue weighted by molar-refractivity contribution is 6.31. The van der Waals surface area contributed by atoms with Crippen molar-refractivity contribution in [1.29, 1.82) is 0 Å². The summed E-state index contributed by atoms with van der Waals surface area (Å²) in [5.74, 6) is -0.198. The molecule has 0 bridgehead atoms. The van der Waals surface area contributed by atoms with E-state index in [0.717, 1.165) is 5.56 Å². The van der Waals surface area contributed by atoms with Gasteiger partial charge in [-0.3, -0.25) is 19.2 Å². The predicted molar refractivity (Wildman–Crippen MR) is 104 cm³/mol. The summed E-state index contributed by atoms with van der Waals surface area (Å²) < 4.78 is 4.40. The smallest absolute Gasteiger partial charge is 0.294 e. The third kappa shape index (κ3) is 2.95. The molecule has 0 spiro atoms. The third-order valence-corrected chi connectivity index (χ3v) is 4.90. The summed E-state index contributed by atoms with van der Waals surface area (Å²) in [5, 5.41) is 14.2. The number of nitrogens with zero attached hydrogens (tertiary/aromatic N) is 6. The number of rotatable bonds is 4. The fourth-order valence-electron chi connectivity index (χ4n) is 3.12. The van der Waals surface area contributed by atoms with Gasteiger partial charge >= 0.3 is 5.69 Å². The summed E-state index contributed by atoms with van der Waals surface area (Å²) in [7, 11) is 3.25. The van der Waals surface area contributed by atoms with Crippen LogP contribution in [0.15, 0.2) is 47.3 Å². The first kappa shape index (κ1) is 17.9. The maximum Gasteiger partial charge on any atom is 0.329 e. The minimum atomic E-state index is -0.408. The second-order valence-electron chi connectivity index (χ2n) is 6.27. The van der Waals surface area contributed by atoms with Crippen LogP contribution in [0.25, 0.3) is 11.0 Å². The number of benzene rings is 2. The number of tetrazole rings is 1. The van der Waals surface area contributed by atoms with Crippen molar-refractivity contribution in [3.8, 4) is 0 Å². The van der Waals surface area contributed by atoms with E-state index in [1.54, 1.807) is 42.9 Å². The molecule has 0 aliphatic carbocycles. The maximum absolute atomic E-state index is 12.9. The van der Waals surface area contributed by atoms with Crippen molar-refractivity contribution in [3.05, 3.63) is 69.1 Å². The Hall–Kier alpha value is -3.46. The lowest BCUT2D eigenvalue weighted by Gasteiger charge is -2.07. The van der Waals surface area contributed by atoms with E-state index in [0.29, 0.717) is 28.2 Å². The standard InChI is InChI=1S/C18H16ClN7O2/c1-24-15-12(16(27)20-17-21-22-23-25(17)2)7-5-9-14(15)26(18(24)28)10-11-6-3-4-8-13(11)19/h3-9H,10H2,1-2H3,(H,20,21,23,27). The van der Waals surface area contributed by atoms with Gasteiger partial charge in [-0.05, 0) is 34.2 Å². The number of hydrogen-bond acceptors (Lipinski definition) is 5. The molecular formula is C18H16ClN7O2. The highest BCUT2D eigenvalue weighted by Crippen LogP contribution is 2.22. The molecule has 1 amide bonds. The number of para-hydroxylation sites is 1. The molecule has 0 saturated heterocycles. The normalized spacial score (nSPS) is 11.1. The van der Waals surface area contributed by atoms with E-state index < -0.39 is 5.91 Å². The second kappa shape index (κ2) is 6.93. The molecular weight excluding hydrogens is 382 g/mol. The van der Waals surface area contributed by atoms with Gasteiger partial charge in [0.1, 0.15) is 0 Å². The van der Waals surface area contributed by atoms with E-state index in [1.807, 2.05) is 18.2 Å². The molecule has 0 radical (unpaired) electrons. The van der Waals surface area contributed by atoms with Gasteiger partial charge in [0.15, 0.2) is 0 Å². The highest BCUT2D eigenvalue weighted by Gasteiger charge is 2.20. The molecule has 2 aromatic carbocycles. The molecule has 142 valence electrons. The number of amides is 1. The number of fused-ring (bicyclic) bond motifs is 1. The van der Waals surface area contributed by atoms with Gasteiger partial charge in [0, 0.05) is 19.1 Å². The summed E-state index contributed by atoms with van der Waals surface area (Å²) in [6, 6.07) is 12.5. The van der Waals surface area contributed by atoms with Crippen LogP contribution >= 0.6 is 11.6 Å². The van der Waals surface area contributed by atoms with Gasteiger partial charge in [0.25, 0.3) is 5.91 Å². The largest absolute Gasteiger partial charge is 0.329 e. The zero-order valence-electron chi connectivity index (χ0n) is 15.1. The van der Waals surface area contributed by atoms with E-state index in [-0.39, 0.29) is 11.6 Å². The van der Waals surface area contributed by atoms with E-state index >= 15 is 0 Å². The molecule has 9 nitrogen and oxygen atoms in total. The Balaban J connectivity index is 1.81. The quantitative estimate of drug-likeness (QED) is 0.566. The third-order valence-electron chi connectivity index (χ3n) is 4.54. The molecule has 4 rings (SSSR count). The zero-order chi connectivity index (χ0) is 19.8. The number of carbonyl (C=O) groups excluding carboxylic acids is 1. The van der Waals surface area contributed by atoms with Crippen LogP contribution in [0.3, 0.4) is 0 Å². The van der Waals surface area contributed by atoms with Gasteiger partial charge < -0.3 is 0 Å². The number of imidazole rings is 1. The molecule has 2 heterocycles. The Labute approximate surface area is 164 Å². The number of halogens is 1. The second-order valence-corrected chi connectivity index (χ2v) is 6.68. The Kier molecular flexibility index (Phi) is 4.44. The molecule has 2 aromatic heterocycles. The summed E-state index contributed by atoms with van der Waals surface area (Å²) in [6.45, 7) is 0.300. The summed E-state index contributed by atoms with van der Waals surface area (Å²) in [5.41, 5.74) is 2.08. The Morgan fingerprint density at radius 1 is 1.14 bits per heavy atom. The van der Waals surface area contributed by atoms with Crippen molar-refractivity contribution >= 4 is 34.5 Å². The van der Waals surface area contributed by atoms with Crippen LogP contribution in [0.5, 0.6) is 0 Å². The number of aromatic nitrogens is 6. The highest BCUT2D eigenvalue weighted by atomic mass is 35.5. The lowest BCUT2D eigenvalue weighted by Crippen LogP contribution is -2.23. The summed E-state index contributed by atoms with van der Waals surface area (Å²) >= 11 is 6.25. The van der Waals surface area contributed by atoms with Crippen LogP contribution < -0.4 is 11.0 Å².